The van der Waals surface area contributed by atoms with Crippen molar-refractivity contribution in [3.8, 4) is 0 Å². The van der Waals surface area contributed by atoms with Gasteiger partial charge in [-0.3, -0.25) is 4.98 Å². The van der Waals surface area contributed by atoms with E-state index in [1.54, 1.807) is 18.3 Å². The van der Waals surface area contributed by atoms with Crippen LogP contribution in [-0.2, 0) is 16.6 Å². The maximum Gasteiger partial charge on any atom is 0.319 e. The average molecular weight is 388 g/mol. The van der Waals surface area contributed by atoms with Gasteiger partial charge in [0.25, 0.3) is 0 Å². The number of sulfonamides is 1. The maximum atomic E-state index is 12.6. The number of hydrogen-bond donors (Lipinski definition) is 2. The first kappa shape index (κ1) is 19.3. The number of piperidine rings is 1. The third kappa shape index (κ3) is 5.05. The first-order valence-corrected chi connectivity index (χ1v) is 10.5. The normalized spacial score (nSPS) is 15.3. The fraction of sp³-hybridized carbons (Fsp3) is 0.368. The molecule has 0 saturated carbocycles. The van der Waals surface area contributed by atoms with Crippen molar-refractivity contribution in [2.75, 3.05) is 18.4 Å². The van der Waals surface area contributed by atoms with E-state index in [0.717, 1.165) is 30.5 Å². The van der Waals surface area contributed by atoms with Gasteiger partial charge in [-0.15, -0.1) is 0 Å². The minimum absolute atomic E-state index is 0.251. The molecular weight excluding hydrogens is 364 g/mol. The van der Waals surface area contributed by atoms with Crippen LogP contribution >= 0.6 is 0 Å². The number of amides is 2. The molecule has 3 rings (SSSR count). The molecule has 0 radical (unpaired) electrons. The summed E-state index contributed by atoms with van der Waals surface area (Å²) >= 11 is 0. The van der Waals surface area contributed by atoms with E-state index in [4.69, 9.17) is 0 Å². The fourth-order valence-corrected chi connectivity index (χ4v) is 4.44. The zero-order valence-corrected chi connectivity index (χ0v) is 16.1. The topological polar surface area (TPSA) is 91.4 Å². The number of pyridine rings is 1. The van der Waals surface area contributed by atoms with Gasteiger partial charge < -0.3 is 10.6 Å². The molecule has 0 atom stereocenters. The van der Waals surface area contributed by atoms with Crippen molar-refractivity contribution in [1.29, 1.82) is 0 Å². The highest BCUT2D eigenvalue weighted by molar-refractivity contribution is 7.89. The highest BCUT2D eigenvalue weighted by Gasteiger charge is 2.25. The smallest absolute Gasteiger partial charge is 0.319 e. The summed E-state index contributed by atoms with van der Waals surface area (Å²) in [6, 6.07) is 9.70. The van der Waals surface area contributed by atoms with Crippen LogP contribution in [0, 0.1) is 6.92 Å². The molecule has 8 heteroatoms. The second-order valence-electron chi connectivity index (χ2n) is 6.60. The Morgan fingerprint density at radius 1 is 1.07 bits per heavy atom. The molecule has 1 aliphatic heterocycles. The van der Waals surface area contributed by atoms with Gasteiger partial charge in [0, 0.05) is 37.2 Å². The number of carbonyl (C=O) groups excluding carboxylic acids is 1. The quantitative estimate of drug-likeness (QED) is 0.824. The minimum Gasteiger partial charge on any atom is -0.334 e. The Bertz CT molecular complexity index is 874. The average Bonchev–Trinajstić information content (AvgIpc) is 2.69. The van der Waals surface area contributed by atoms with Crippen molar-refractivity contribution < 1.29 is 13.2 Å². The maximum absolute atomic E-state index is 12.6. The van der Waals surface area contributed by atoms with Gasteiger partial charge in [-0.1, -0.05) is 12.5 Å². The Hall–Kier alpha value is -2.45. The minimum atomic E-state index is -3.46. The van der Waals surface area contributed by atoms with Crippen LogP contribution in [0.3, 0.4) is 0 Å². The van der Waals surface area contributed by atoms with Gasteiger partial charge in [0.15, 0.2) is 0 Å². The number of nitrogens with zero attached hydrogens (tertiary/aromatic N) is 2. The molecule has 0 aliphatic carbocycles. The van der Waals surface area contributed by atoms with Crippen molar-refractivity contribution in [3.05, 3.63) is 53.9 Å². The number of rotatable bonds is 5. The van der Waals surface area contributed by atoms with E-state index in [2.05, 4.69) is 15.6 Å². The molecule has 0 unspecified atom stereocenters. The number of nitrogens with one attached hydrogen (secondary N) is 2. The van der Waals surface area contributed by atoms with Crippen LogP contribution in [0.2, 0.25) is 0 Å². The third-order valence-electron chi connectivity index (χ3n) is 4.49. The third-order valence-corrected chi connectivity index (χ3v) is 6.40. The molecule has 1 aromatic carbocycles. The van der Waals surface area contributed by atoms with E-state index in [0.29, 0.717) is 25.3 Å². The number of carbonyl (C=O) groups is 1. The summed E-state index contributed by atoms with van der Waals surface area (Å²) < 4.78 is 26.8. The first-order chi connectivity index (χ1) is 12.9. The van der Waals surface area contributed by atoms with Crippen LogP contribution in [0.15, 0.2) is 47.5 Å². The van der Waals surface area contributed by atoms with Crippen molar-refractivity contribution in [2.45, 2.75) is 37.6 Å². The summed E-state index contributed by atoms with van der Waals surface area (Å²) in [7, 11) is -3.46. The van der Waals surface area contributed by atoms with E-state index in [-0.39, 0.29) is 10.9 Å². The SMILES string of the molecule is Cc1ccc(CNC(=O)Nc2ccc(S(=O)(=O)N3CCCCC3)cc2)cn1. The Kier molecular flexibility index (Phi) is 6.08. The summed E-state index contributed by atoms with van der Waals surface area (Å²) in [5.41, 5.74) is 2.36. The van der Waals surface area contributed by atoms with Gasteiger partial charge in [-0.2, -0.15) is 4.31 Å². The van der Waals surface area contributed by atoms with E-state index in [1.165, 1.54) is 16.4 Å². The fourth-order valence-electron chi connectivity index (χ4n) is 2.93. The Morgan fingerprint density at radius 3 is 2.41 bits per heavy atom. The number of aromatic nitrogens is 1. The molecule has 0 spiro atoms. The molecule has 0 bridgehead atoms. The van der Waals surface area contributed by atoms with Crippen LogP contribution in [0.5, 0.6) is 0 Å². The summed E-state index contributed by atoms with van der Waals surface area (Å²) in [4.78, 5) is 16.4. The zero-order chi connectivity index (χ0) is 19.3. The molecule has 27 heavy (non-hydrogen) atoms. The van der Waals surface area contributed by atoms with Gasteiger partial charge in [-0.25, -0.2) is 13.2 Å². The lowest BCUT2D eigenvalue weighted by Crippen LogP contribution is -2.35. The van der Waals surface area contributed by atoms with Crippen molar-refractivity contribution in [1.82, 2.24) is 14.6 Å². The number of aryl methyl sites for hydroxylation is 1. The first-order valence-electron chi connectivity index (χ1n) is 9.02. The number of anilines is 1. The summed E-state index contributed by atoms with van der Waals surface area (Å²) in [5, 5.41) is 5.45. The lowest BCUT2D eigenvalue weighted by atomic mass is 10.2. The summed E-state index contributed by atoms with van der Waals surface area (Å²) in [6.45, 7) is 3.40. The number of urea groups is 1. The second kappa shape index (κ2) is 8.49. The highest BCUT2D eigenvalue weighted by Crippen LogP contribution is 2.21. The highest BCUT2D eigenvalue weighted by atomic mass is 32.2. The standard InChI is InChI=1S/C19H24N4O3S/c1-15-5-6-16(13-20-15)14-21-19(24)22-17-7-9-18(10-8-17)27(25,26)23-11-3-2-4-12-23/h5-10,13H,2-4,11-12,14H2,1H3,(H2,21,22,24). The second-order valence-corrected chi connectivity index (χ2v) is 8.54. The molecule has 1 aromatic heterocycles. The van der Waals surface area contributed by atoms with Gasteiger partial charge in [0.2, 0.25) is 10.0 Å². The zero-order valence-electron chi connectivity index (χ0n) is 15.3. The predicted octanol–water partition coefficient (Wildman–Crippen LogP) is 2.89. The van der Waals surface area contributed by atoms with Crippen LogP contribution in [0.25, 0.3) is 0 Å². The van der Waals surface area contributed by atoms with Gasteiger partial charge in [0.05, 0.1) is 4.90 Å². The van der Waals surface area contributed by atoms with Gasteiger partial charge in [0.1, 0.15) is 0 Å². The lowest BCUT2D eigenvalue weighted by Gasteiger charge is -2.25. The molecule has 2 aromatic rings. The monoisotopic (exact) mass is 388 g/mol. The number of hydrogen-bond acceptors (Lipinski definition) is 4. The molecule has 1 saturated heterocycles. The predicted molar refractivity (Wildman–Crippen MR) is 104 cm³/mol. The van der Waals surface area contributed by atoms with E-state index >= 15 is 0 Å². The Labute approximate surface area is 159 Å². The van der Waals surface area contributed by atoms with E-state index in [1.807, 2.05) is 19.1 Å². The molecule has 1 aliphatic rings. The largest absolute Gasteiger partial charge is 0.334 e. The van der Waals surface area contributed by atoms with Gasteiger partial charge >= 0.3 is 6.03 Å². The van der Waals surface area contributed by atoms with Crippen LogP contribution < -0.4 is 10.6 Å². The molecule has 7 nitrogen and oxygen atoms in total. The van der Waals surface area contributed by atoms with Crippen molar-refractivity contribution in [2.24, 2.45) is 0 Å². The van der Waals surface area contributed by atoms with Gasteiger partial charge in [-0.05, 0) is 55.7 Å². The molecule has 2 N–H and O–H groups in total. The van der Waals surface area contributed by atoms with Crippen molar-refractivity contribution in [3.63, 3.8) is 0 Å². The Morgan fingerprint density at radius 2 is 1.78 bits per heavy atom. The molecule has 144 valence electrons. The van der Waals surface area contributed by atoms with E-state index < -0.39 is 10.0 Å². The van der Waals surface area contributed by atoms with Crippen LogP contribution in [0.1, 0.15) is 30.5 Å². The summed E-state index contributed by atoms with van der Waals surface area (Å²) in [5.74, 6) is 0. The van der Waals surface area contributed by atoms with Crippen LogP contribution in [0.4, 0.5) is 10.5 Å². The summed E-state index contributed by atoms with van der Waals surface area (Å²) in [6.07, 6.45) is 4.59. The molecule has 1 fully saturated rings. The Balaban J connectivity index is 1.56. The van der Waals surface area contributed by atoms with Crippen LogP contribution in [-0.4, -0.2) is 36.8 Å². The molecule has 2 heterocycles. The molecular formula is C19H24N4O3S. The molecule has 2 amide bonds. The lowest BCUT2D eigenvalue weighted by molar-refractivity contribution is 0.251. The number of benzene rings is 1. The van der Waals surface area contributed by atoms with E-state index in [9.17, 15) is 13.2 Å². The van der Waals surface area contributed by atoms with Crippen molar-refractivity contribution >= 4 is 21.7 Å².